The van der Waals surface area contributed by atoms with E-state index in [0.29, 0.717) is 11.4 Å². The van der Waals surface area contributed by atoms with Gasteiger partial charge in [0, 0.05) is 49.4 Å². The fourth-order valence-electron chi connectivity index (χ4n) is 1.96. The van der Waals surface area contributed by atoms with E-state index in [-0.39, 0.29) is 0 Å². The summed E-state index contributed by atoms with van der Waals surface area (Å²) in [5.41, 5.74) is 7.95. The number of hydrogen-bond donors (Lipinski definition) is 2. The van der Waals surface area contributed by atoms with Gasteiger partial charge in [0.2, 0.25) is 0 Å². The SMILES string of the molecule is CN=C(N)c1ccc2[nH]cc(/C=C(/F)C(=O)N(C)C)c2c1. The maximum Gasteiger partial charge on any atom is 0.282 e. The van der Waals surface area contributed by atoms with Crippen molar-refractivity contribution in [2.24, 2.45) is 10.7 Å². The molecule has 1 amide bonds. The van der Waals surface area contributed by atoms with Crippen molar-refractivity contribution in [2.45, 2.75) is 0 Å². The Morgan fingerprint density at radius 3 is 2.76 bits per heavy atom. The van der Waals surface area contributed by atoms with E-state index in [1.807, 2.05) is 18.2 Å². The number of amidine groups is 1. The number of H-pyrrole nitrogens is 1. The largest absolute Gasteiger partial charge is 0.384 e. The Kier molecular flexibility index (Phi) is 4.07. The minimum Gasteiger partial charge on any atom is -0.384 e. The predicted octanol–water partition coefficient (Wildman–Crippen LogP) is 1.90. The molecule has 6 heteroatoms. The van der Waals surface area contributed by atoms with E-state index in [1.165, 1.54) is 25.1 Å². The molecule has 110 valence electrons. The number of fused-ring (bicyclic) bond motifs is 1. The first-order chi connectivity index (χ1) is 9.93. The molecule has 0 radical (unpaired) electrons. The van der Waals surface area contributed by atoms with Crippen LogP contribution in [0.5, 0.6) is 0 Å². The average molecular weight is 288 g/mol. The van der Waals surface area contributed by atoms with E-state index in [0.717, 1.165) is 16.5 Å². The first-order valence-electron chi connectivity index (χ1n) is 6.36. The van der Waals surface area contributed by atoms with Crippen molar-refractivity contribution in [1.29, 1.82) is 0 Å². The predicted molar refractivity (Wildman–Crippen MR) is 82.7 cm³/mol. The number of aromatic amines is 1. The quantitative estimate of drug-likeness (QED) is 0.514. The molecule has 0 bridgehead atoms. The number of rotatable bonds is 3. The molecule has 3 N–H and O–H groups in total. The van der Waals surface area contributed by atoms with Crippen LogP contribution in [0.2, 0.25) is 0 Å². The van der Waals surface area contributed by atoms with Crippen molar-refractivity contribution in [3.63, 3.8) is 0 Å². The Balaban J connectivity index is 2.50. The van der Waals surface area contributed by atoms with E-state index < -0.39 is 11.7 Å². The highest BCUT2D eigenvalue weighted by Crippen LogP contribution is 2.23. The summed E-state index contributed by atoms with van der Waals surface area (Å²) in [6.45, 7) is 0. The van der Waals surface area contributed by atoms with Gasteiger partial charge in [0.25, 0.3) is 5.91 Å². The zero-order valence-corrected chi connectivity index (χ0v) is 12.1. The molecule has 2 aromatic rings. The number of amides is 1. The van der Waals surface area contributed by atoms with Crippen LogP contribution in [-0.4, -0.2) is 42.8 Å². The number of nitrogens with two attached hydrogens (primary N) is 1. The van der Waals surface area contributed by atoms with E-state index in [9.17, 15) is 9.18 Å². The number of aromatic nitrogens is 1. The zero-order valence-electron chi connectivity index (χ0n) is 12.1. The molecule has 0 aliphatic heterocycles. The number of carbonyl (C=O) groups excluding carboxylic acids is 1. The van der Waals surface area contributed by atoms with Gasteiger partial charge in [-0.3, -0.25) is 9.79 Å². The first kappa shape index (κ1) is 14.8. The van der Waals surface area contributed by atoms with E-state index in [4.69, 9.17) is 5.73 Å². The molecular weight excluding hydrogens is 271 g/mol. The molecule has 2 rings (SSSR count). The van der Waals surface area contributed by atoms with Gasteiger partial charge in [-0.15, -0.1) is 0 Å². The van der Waals surface area contributed by atoms with Gasteiger partial charge in [-0.25, -0.2) is 4.39 Å². The molecule has 0 aliphatic carbocycles. The summed E-state index contributed by atoms with van der Waals surface area (Å²) in [6, 6.07) is 5.48. The number of halogens is 1. The molecule has 1 heterocycles. The highest BCUT2D eigenvalue weighted by atomic mass is 19.1. The fraction of sp³-hybridized carbons (Fsp3) is 0.200. The number of nitrogens with one attached hydrogen (secondary N) is 1. The number of hydrogen-bond acceptors (Lipinski definition) is 2. The molecule has 0 fully saturated rings. The average Bonchev–Trinajstić information content (AvgIpc) is 2.87. The summed E-state index contributed by atoms with van der Waals surface area (Å²) >= 11 is 0. The summed E-state index contributed by atoms with van der Waals surface area (Å²) in [5.74, 6) is -1.09. The summed E-state index contributed by atoms with van der Waals surface area (Å²) in [6.07, 6.45) is 2.86. The van der Waals surface area contributed by atoms with Crippen molar-refractivity contribution >= 4 is 28.7 Å². The van der Waals surface area contributed by atoms with Crippen LogP contribution in [0.3, 0.4) is 0 Å². The van der Waals surface area contributed by atoms with Gasteiger partial charge >= 0.3 is 0 Å². The molecule has 0 spiro atoms. The van der Waals surface area contributed by atoms with Crippen molar-refractivity contribution in [3.05, 3.63) is 41.3 Å². The molecule has 1 aromatic heterocycles. The second-order valence-electron chi connectivity index (χ2n) is 4.81. The van der Waals surface area contributed by atoms with E-state index in [2.05, 4.69) is 9.98 Å². The van der Waals surface area contributed by atoms with Crippen molar-refractivity contribution in [3.8, 4) is 0 Å². The number of likely N-dealkylation sites (N-methyl/N-ethyl adjacent to an activating group) is 1. The molecule has 5 nitrogen and oxygen atoms in total. The van der Waals surface area contributed by atoms with Gasteiger partial charge in [-0.1, -0.05) is 0 Å². The number of carbonyl (C=O) groups is 1. The summed E-state index contributed by atoms with van der Waals surface area (Å²) in [5, 5.41) is 0.779. The van der Waals surface area contributed by atoms with Crippen LogP contribution >= 0.6 is 0 Å². The molecule has 0 saturated heterocycles. The Bertz CT molecular complexity index is 743. The van der Waals surface area contributed by atoms with Crippen molar-refractivity contribution in [2.75, 3.05) is 21.1 Å². The smallest absolute Gasteiger partial charge is 0.282 e. The third kappa shape index (κ3) is 2.94. The van der Waals surface area contributed by atoms with Gasteiger partial charge in [0.05, 0.1) is 0 Å². The summed E-state index contributed by atoms with van der Waals surface area (Å²) in [4.78, 5) is 19.7. The first-order valence-corrected chi connectivity index (χ1v) is 6.36. The van der Waals surface area contributed by atoms with Gasteiger partial charge in [-0.05, 0) is 24.3 Å². The third-order valence-corrected chi connectivity index (χ3v) is 3.14. The summed E-state index contributed by atoms with van der Waals surface area (Å²) < 4.78 is 13.9. The Labute approximate surface area is 122 Å². The Morgan fingerprint density at radius 2 is 2.14 bits per heavy atom. The Morgan fingerprint density at radius 1 is 1.43 bits per heavy atom. The van der Waals surface area contributed by atoms with Crippen molar-refractivity contribution < 1.29 is 9.18 Å². The maximum atomic E-state index is 13.9. The minimum atomic E-state index is -0.816. The normalized spacial score (nSPS) is 12.8. The lowest BCUT2D eigenvalue weighted by molar-refractivity contribution is -0.126. The second kappa shape index (κ2) is 5.78. The molecule has 0 aliphatic rings. The third-order valence-electron chi connectivity index (χ3n) is 3.14. The topological polar surface area (TPSA) is 74.5 Å². The van der Waals surface area contributed by atoms with Crippen LogP contribution in [0.15, 0.2) is 35.2 Å². The second-order valence-corrected chi connectivity index (χ2v) is 4.81. The molecule has 1 aromatic carbocycles. The molecular formula is C15H17FN4O. The van der Waals surface area contributed by atoms with Gasteiger partial charge in [0.15, 0.2) is 5.83 Å². The maximum absolute atomic E-state index is 13.9. The highest BCUT2D eigenvalue weighted by Gasteiger charge is 2.12. The van der Waals surface area contributed by atoms with Crippen LogP contribution in [0.1, 0.15) is 11.1 Å². The van der Waals surface area contributed by atoms with Crippen molar-refractivity contribution in [1.82, 2.24) is 9.88 Å². The lowest BCUT2D eigenvalue weighted by Gasteiger charge is -2.07. The zero-order chi connectivity index (χ0) is 15.6. The number of aliphatic imine (C=N–C) groups is 1. The van der Waals surface area contributed by atoms with Crippen LogP contribution in [-0.2, 0) is 4.79 Å². The Hall–Kier alpha value is -2.63. The molecule has 0 unspecified atom stereocenters. The van der Waals surface area contributed by atoms with Gasteiger partial charge in [-0.2, -0.15) is 0 Å². The molecule has 0 saturated carbocycles. The van der Waals surface area contributed by atoms with Crippen LogP contribution in [0.25, 0.3) is 17.0 Å². The van der Waals surface area contributed by atoms with Gasteiger partial charge in [0.1, 0.15) is 5.84 Å². The highest BCUT2D eigenvalue weighted by molar-refractivity contribution is 6.03. The molecule has 21 heavy (non-hydrogen) atoms. The van der Waals surface area contributed by atoms with Gasteiger partial charge < -0.3 is 15.6 Å². The summed E-state index contributed by atoms with van der Waals surface area (Å²) in [7, 11) is 4.61. The monoisotopic (exact) mass is 288 g/mol. The van der Waals surface area contributed by atoms with Crippen LogP contribution in [0, 0.1) is 0 Å². The molecule has 0 atom stereocenters. The standard InChI is InChI=1S/C15H17FN4O/c1-18-14(17)9-4-5-13-11(6-9)10(8-19-13)7-12(16)15(21)20(2)3/h4-8,19H,1-3H3,(H2,17,18)/b12-7+. The lowest BCUT2D eigenvalue weighted by atomic mass is 10.1. The number of benzene rings is 1. The van der Waals surface area contributed by atoms with Crippen LogP contribution < -0.4 is 5.73 Å². The lowest BCUT2D eigenvalue weighted by Crippen LogP contribution is -2.21. The fourth-order valence-corrected chi connectivity index (χ4v) is 1.96. The van der Waals surface area contributed by atoms with E-state index >= 15 is 0 Å². The van der Waals surface area contributed by atoms with Crippen LogP contribution in [0.4, 0.5) is 4.39 Å². The minimum absolute atomic E-state index is 0.401. The van der Waals surface area contributed by atoms with E-state index in [1.54, 1.807) is 13.2 Å². The number of nitrogens with zero attached hydrogens (tertiary/aromatic N) is 2.